The Balaban J connectivity index is 1.71. The van der Waals surface area contributed by atoms with Gasteiger partial charge in [-0.2, -0.15) is 5.10 Å². The second-order valence-corrected chi connectivity index (χ2v) is 5.89. The molecule has 0 atom stereocenters. The number of aromatic nitrogens is 3. The van der Waals surface area contributed by atoms with Crippen molar-refractivity contribution >= 4 is 11.6 Å². The number of carbonyl (C=O) groups is 1. The molecule has 1 aromatic heterocycles. The molecule has 25 heavy (non-hydrogen) atoms. The SMILES string of the molecule is COc1ccc(-n2ncnc2-c2cccc(N3CCCC3=O)c2)cc1. The molecule has 3 aromatic rings. The summed E-state index contributed by atoms with van der Waals surface area (Å²) < 4.78 is 6.98. The van der Waals surface area contributed by atoms with Crippen molar-refractivity contribution in [2.75, 3.05) is 18.6 Å². The van der Waals surface area contributed by atoms with Crippen molar-refractivity contribution in [3.05, 3.63) is 54.9 Å². The lowest BCUT2D eigenvalue weighted by molar-refractivity contribution is -0.117. The van der Waals surface area contributed by atoms with Gasteiger partial charge in [0.2, 0.25) is 5.91 Å². The van der Waals surface area contributed by atoms with Gasteiger partial charge < -0.3 is 9.64 Å². The molecule has 6 heteroatoms. The lowest BCUT2D eigenvalue weighted by Crippen LogP contribution is -2.23. The number of methoxy groups -OCH3 is 1. The fourth-order valence-corrected chi connectivity index (χ4v) is 3.08. The molecule has 4 rings (SSSR count). The van der Waals surface area contributed by atoms with E-state index in [2.05, 4.69) is 10.1 Å². The first kappa shape index (κ1) is 15.4. The molecule has 1 saturated heterocycles. The lowest BCUT2D eigenvalue weighted by Gasteiger charge is -2.16. The van der Waals surface area contributed by atoms with Crippen molar-refractivity contribution in [3.8, 4) is 22.8 Å². The average molecular weight is 334 g/mol. The molecule has 0 radical (unpaired) electrons. The molecule has 0 aliphatic carbocycles. The molecule has 0 saturated carbocycles. The quantitative estimate of drug-likeness (QED) is 0.736. The van der Waals surface area contributed by atoms with Gasteiger partial charge in [-0.05, 0) is 42.8 Å². The molecule has 1 fully saturated rings. The molecule has 6 nitrogen and oxygen atoms in total. The molecule has 1 aliphatic heterocycles. The van der Waals surface area contributed by atoms with Gasteiger partial charge in [-0.3, -0.25) is 4.79 Å². The van der Waals surface area contributed by atoms with Crippen LogP contribution in [0.15, 0.2) is 54.9 Å². The monoisotopic (exact) mass is 334 g/mol. The summed E-state index contributed by atoms with van der Waals surface area (Å²) >= 11 is 0. The van der Waals surface area contributed by atoms with Crippen LogP contribution in [0.2, 0.25) is 0 Å². The van der Waals surface area contributed by atoms with Gasteiger partial charge in [0.05, 0.1) is 12.8 Å². The van der Waals surface area contributed by atoms with Crippen molar-refractivity contribution in [1.82, 2.24) is 14.8 Å². The Kier molecular flexibility index (Phi) is 3.93. The minimum absolute atomic E-state index is 0.175. The Hall–Kier alpha value is -3.15. The van der Waals surface area contributed by atoms with Crippen LogP contribution in [0.1, 0.15) is 12.8 Å². The predicted octanol–water partition coefficient (Wildman–Crippen LogP) is 3.07. The van der Waals surface area contributed by atoms with Crippen LogP contribution in [0, 0.1) is 0 Å². The molecule has 126 valence electrons. The van der Waals surface area contributed by atoms with E-state index in [-0.39, 0.29) is 5.91 Å². The van der Waals surface area contributed by atoms with Crippen molar-refractivity contribution in [2.45, 2.75) is 12.8 Å². The Morgan fingerprint density at radius 1 is 1.08 bits per heavy atom. The second-order valence-electron chi connectivity index (χ2n) is 5.89. The van der Waals surface area contributed by atoms with Crippen LogP contribution in [-0.2, 0) is 4.79 Å². The molecule has 2 heterocycles. The van der Waals surface area contributed by atoms with E-state index in [1.54, 1.807) is 11.8 Å². The van der Waals surface area contributed by atoms with Crippen molar-refractivity contribution in [1.29, 1.82) is 0 Å². The third-order valence-electron chi connectivity index (χ3n) is 4.35. The van der Waals surface area contributed by atoms with Crippen molar-refractivity contribution in [2.24, 2.45) is 0 Å². The van der Waals surface area contributed by atoms with Crippen LogP contribution in [0.25, 0.3) is 17.1 Å². The average Bonchev–Trinajstić information content (AvgIpc) is 3.31. The van der Waals surface area contributed by atoms with Crippen LogP contribution in [0.5, 0.6) is 5.75 Å². The highest BCUT2D eigenvalue weighted by molar-refractivity contribution is 5.95. The van der Waals surface area contributed by atoms with Crippen molar-refractivity contribution < 1.29 is 9.53 Å². The molecular weight excluding hydrogens is 316 g/mol. The van der Waals surface area contributed by atoms with Gasteiger partial charge in [-0.25, -0.2) is 9.67 Å². The number of hydrogen-bond donors (Lipinski definition) is 0. The number of amides is 1. The fraction of sp³-hybridized carbons (Fsp3) is 0.211. The van der Waals surface area contributed by atoms with Crippen molar-refractivity contribution in [3.63, 3.8) is 0 Å². The van der Waals surface area contributed by atoms with E-state index in [0.717, 1.165) is 41.5 Å². The highest BCUT2D eigenvalue weighted by atomic mass is 16.5. The summed E-state index contributed by atoms with van der Waals surface area (Å²) in [5.74, 6) is 1.70. The van der Waals surface area contributed by atoms with Gasteiger partial charge in [-0.15, -0.1) is 0 Å². The maximum absolute atomic E-state index is 12.0. The first-order chi connectivity index (χ1) is 12.3. The van der Waals surface area contributed by atoms with Gasteiger partial charge in [0.1, 0.15) is 12.1 Å². The summed E-state index contributed by atoms with van der Waals surface area (Å²) in [6, 6.07) is 15.5. The number of rotatable bonds is 4. The van der Waals surface area contributed by atoms with Crippen LogP contribution < -0.4 is 9.64 Å². The standard InChI is InChI=1S/C19H18N4O2/c1-25-17-9-7-15(8-10-17)23-19(20-13-21-23)14-4-2-5-16(12-14)22-11-3-6-18(22)24/h2,4-5,7-10,12-13H,3,6,11H2,1H3. The lowest BCUT2D eigenvalue weighted by atomic mass is 10.1. The van der Waals surface area contributed by atoms with E-state index in [1.165, 1.54) is 6.33 Å². The predicted molar refractivity (Wildman–Crippen MR) is 94.9 cm³/mol. The van der Waals surface area contributed by atoms with Gasteiger partial charge in [0, 0.05) is 24.2 Å². The molecule has 0 spiro atoms. The molecule has 0 unspecified atom stereocenters. The van der Waals surface area contributed by atoms with Crippen LogP contribution in [0.3, 0.4) is 0 Å². The molecule has 1 aliphatic rings. The van der Waals surface area contributed by atoms with Gasteiger partial charge in [0.15, 0.2) is 5.82 Å². The summed E-state index contributed by atoms with van der Waals surface area (Å²) in [4.78, 5) is 18.2. The third kappa shape index (κ3) is 2.87. The Bertz CT molecular complexity index is 902. The number of hydrogen-bond acceptors (Lipinski definition) is 4. The fourth-order valence-electron chi connectivity index (χ4n) is 3.08. The van der Waals surface area contributed by atoms with E-state index < -0.39 is 0 Å². The first-order valence-corrected chi connectivity index (χ1v) is 8.21. The smallest absolute Gasteiger partial charge is 0.227 e. The third-order valence-corrected chi connectivity index (χ3v) is 4.35. The minimum atomic E-state index is 0.175. The largest absolute Gasteiger partial charge is 0.497 e. The normalized spacial score (nSPS) is 14.1. The number of benzene rings is 2. The molecular formula is C19H18N4O2. The molecule has 0 bridgehead atoms. The molecule has 0 N–H and O–H groups in total. The number of ether oxygens (including phenoxy) is 1. The molecule has 1 amide bonds. The van der Waals surface area contributed by atoms with Crippen LogP contribution in [0.4, 0.5) is 5.69 Å². The van der Waals surface area contributed by atoms with E-state index in [1.807, 2.05) is 53.4 Å². The van der Waals surface area contributed by atoms with Gasteiger partial charge in [0.25, 0.3) is 0 Å². The van der Waals surface area contributed by atoms with E-state index >= 15 is 0 Å². The number of anilines is 1. The second kappa shape index (κ2) is 6.39. The van der Waals surface area contributed by atoms with E-state index in [4.69, 9.17) is 4.74 Å². The summed E-state index contributed by atoms with van der Waals surface area (Å²) in [6.07, 6.45) is 3.06. The summed E-state index contributed by atoms with van der Waals surface area (Å²) in [5, 5.41) is 4.34. The van der Waals surface area contributed by atoms with E-state index in [9.17, 15) is 4.79 Å². The minimum Gasteiger partial charge on any atom is -0.497 e. The van der Waals surface area contributed by atoms with Crippen LogP contribution >= 0.6 is 0 Å². The topological polar surface area (TPSA) is 60.2 Å². The zero-order chi connectivity index (χ0) is 17.2. The van der Waals surface area contributed by atoms with E-state index in [0.29, 0.717) is 6.42 Å². The summed E-state index contributed by atoms with van der Waals surface area (Å²) in [7, 11) is 1.64. The molecule has 2 aromatic carbocycles. The Labute approximate surface area is 145 Å². The summed E-state index contributed by atoms with van der Waals surface area (Å²) in [5.41, 5.74) is 2.73. The Morgan fingerprint density at radius 2 is 1.92 bits per heavy atom. The zero-order valence-electron chi connectivity index (χ0n) is 13.9. The zero-order valence-corrected chi connectivity index (χ0v) is 13.9. The van der Waals surface area contributed by atoms with Gasteiger partial charge >= 0.3 is 0 Å². The maximum Gasteiger partial charge on any atom is 0.227 e. The maximum atomic E-state index is 12.0. The first-order valence-electron chi connectivity index (χ1n) is 8.21. The number of carbonyl (C=O) groups excluding carboxylic acids is 1. The number of nitrogens with zero attached hydrogens (tertiary/aromatic N) is 4. The highest BCUT2D eigenvalue weighted by Gasteiger charge is 2.22. The highest BCUT2D eigenvalue weighted by Crippen LogP contribution is 2.27. The summed E-state index contributed by atoms with van der Waals surface area (Å²) in [6.45, 7) is 0.771. The van der Waals surface area contributed by atoms with Gasteiger partial charge in [-0.1, -0.05) is 12.1 Å². The Morgan fingerprint density at radius 3 is 2.64 bits per heavy atom. The van der Waals surface area contributed by atoms with Crippen LogP contribution in [-0.4, -0.2) is 34.3 Å².